The van der Waals surface area contributed by atoms with Crippen molar-refractivity contribution < 1.29 is 74.9 Å². The molecule has 2 heterocycles. The number of aryl methyl sites for hydroxylation is 4. The topological polar surface area (TPSA) is 325 Å². The number of anilines is 6. The molecule has 26 heteroatoms. The van der Waals surface area contributed by atoms with Crippen molar-refractivity contribution in [2.24, 2.45) is 11.8 Å². The first-order chi connectivity index (χ1) is 55.4. The molecule has 24 nitrogen and oxygen atoms in total. The van der Waals surface area contributed by atoms with Crippen molar-refractivity contribution in [3.63, 3.8) is 0 Å². The van der Waals surface area contributed by atoms with Gasteiger partial charge in [0.1, 0.15) is 0 Å². The molecule has 6 N–H and O–H groups in total. The quantitative estimate of drug-likeness (QED) is 0.0237. The monoisotopic (exact) mass is 1600 g/mol. The van der Waals surface area contributed by atoms with Crippen LogP contribution in [0, 0.1) is 11.8 Å². The van der Waals surface area contributed by atoms with Crippen molar-refractivity contribution in [3.05, 3.63) is 238 Å². The van der Waals surface area contributed by atoms with Crippen LogP contribution in [-0.2, 0) is 64.8 Å². The van der Waals surface area contributed by atoms with E-state index in [2.05, 4.69) is 31.1 Å². The molecule has 0 aromatic heterocycles. The van der Waals surface area contributed by atoms with Crippen LogP contribution in [0.25, 0.3) is 0 Å². The van der Waals surface area contributed by atoms with Crippen LogP contribution in [0.3, 0.4) is 0 Å². The number of ether oxygens (including phenoxy) is 2. The Morgan fingerprint density at radius 3 is 1.15 bits per heavy atom. The average Bonchev–Trinajstić information content (AvgIpc) is 0.793. The van der Waals surface area contributed by atoms with Crippen LogP contribution in [0.15, 0.2) is 192 Å². The van der Waals surface area contributed by atoms with Gasteiger partial charge in [0.05, 0.1) is 69.0 Å². The van der Waals surface area contributed by atoms with Gasteiger partial charge in [-0.1, -0.05) is 74.5 Å². The van der Waals surface area contributed by atoms with Gasteiger partial charge < -0.3 is 50.8 Å². The van der Waals surface area contributed by atoms with E-state index in [1.54, 1.807) is 81.4 Å². The first kappa shape index (κ1) is 84.8. The summed E-state index contributed by atoms with van der Waals surface area (Å²) in [6.07, 6.45) is 13.3. The molecule has 0 bridgehead atoms. The SMILES string of the molecule is CCN(C1CCC(C(=O)O)CC1)S(=O)(=O)c1cccc(C(=O)Nc2ccc(N3CCCCC3)cc2C(=O)Nc2ccc(CCc3ccc(C(=O)O)cc3)cc2)c1.CCOC(=O)C1CCC(N(CC)S(=O)(=O)c2cccc(C(=O)Nc3ccc(N4CCCCC4)cc3C(=O)Nc3ccc(CCc4ccc(C(=O)OC)cc4)cc3)c2)CC1. The highest BCUT2D eigenvalue weighted by molar-refractivity contribution is 7.89. The van der Waals surface area contributed by atoms with E-state index >= 15 is 0 Å². The van der Waals surface area contributed by atoms with E-state index in [0.29, 0.717) is 80.6 Å². The van der Waals surface area contributed by atoms with Crippen LogP contribution in [0.4, 0.5) is 34.1 Å². The van der Waals surface area contributed by atoms with E-state index in [4.69, 9.17) is 14.6 Å². The third-order valence-electron chi connectivity index (χ3n) is 22.0. The zero-order valence-corrected chi connectivity index (χ0v) is 67.2. The number of benzene rings is 8. The van der Waals surface area contributed by atoms with Crippen molar-refractivity contribution in [3.8, 4) is 0 Å². The molecule has 4 aliphatic rings. The minimum atomic E-state index is -4.00. The van der Waals surface area contributed by atoms with Crippen molar-refractivity contribution in [1.29, 1.82) is 0 Å². The molecular formula is C89H102N8O16S2. The van der Waals surface area contributed by atoms with Crippen LogP contribution in [-0.4, -0.2) is 148 Å². The highest BCUT2D eigenvalue weighted by Gasteiger charge is 2.38. The molecule has 8 aromatic rings. The maximum absolute atomic E-state index is 14.0. The molecule has 0 unspecified atom stereocenters. The number of piperidine rings is 2. The normalized spacial score (nSPS) is 17.1. The Bertz CT molecular complexity index is 5000. The lowest BCUT2D eigenvalue weighted by Crippen LogP contribution is -2.43. The summed E-state index contributed by atoms with van der Waals surface area (Å²) in [6.45, 7) is 9.52. The van der Waals surface area contributed by atoms with Crippen molar-refractivity contribution in [2.45, 2.75) is 158 Å². The number of carboxylic acids is 2. The van der Waals surface area contributed by atoms with Gasteiger partial charge in [-0.3, -0.25) is 28.8 Å². The van der Waals surface area contributed by atoms with E-state index in [-0.39, 0.29) is 86.3 Å². The van der Waals surface area contributed by atoms with Crippen LogP contribution < -0.4 is 31.1 Å². The summed E-state index contributed by atoms with van der Waals surface area (Å²) < 4.78 is 68.6. The lowest BCUT2D eigenvalue weighted by molar-refractivity contribution is -0.149. The number of nitrogens with zero attached hydrogens (tertiary/aromatic N) is 4. The Morgan fingerprint density at radius 1 is 0.417 bits per heavy atom. The molecule has 0 spiro atoms. The Morgan fingerprint density at radius 2 is 0.791 bits per heavy atom. The molecule has 606 valence electrons. The van der Waals surface area contributed by atoms with Crippen molar-refractivity contribution >= 4 is 102 Å². The summed E-state index contributed by atoms with van der Waals surface area (Å²) in [5.41, 5.74) is 9.22. The van der Waals surface area contributed by atoms with E-state index in [9.17, 15) is 60.3 Å². The molecule has 115 heavy (non-hydrogen) atoms. The van der Waals surface area contributed by atoms with Crippen LogP contribution in [0.5, 0.6) is 0 Å². The number of aromatic carboxylic acids is 1. The molecular weight excluding hydrogens is 1500 g/mol. The number of esters is 2. The molecule has 4 fully saturated rings. The number of carbonyl (C=O) groups is 8. The van der Waals surface area contributed by atoms with Crippen LogP contribution in [0.1, 0.15) is 195 Å². The lowest BCUT2D eigenvalue weighted by atomic mass is 9.86. The Labute approximate surface area is 673 Å². The molecule has 2 saturated carbocycles. The summed E-state index contributed by atoms with van der Waals surface area (Å²) in [4.78, 5) is 107. The fraction of sp³-hybridized carbons (Fsp3) is 0.371. The molecule has 0 radical (unpaired) electrons. The molecule has 0 atom stereocenters. The van der Waals surface area contributed by atoms with Gasteiger partial charge in [-0.2, -0.15) is 8.61 Å². The third kappa shape index (κ3) is 22.1. The number of carbonyl (C=O) groups excluding carboxylic acids is 6. The van der Waals surface area contributed by atoms with Crippen LogP contribution in [0.2, 0.25) is 0 Å². The second-order valence-electron chi connectivity index (χ2n) is 29.5. The maximum Gasteiger partial charge on any atom is 0.337 e. The second kappa shape index (κ2) is 39.8. The van der Waals surface area contributed by atoms with Crippen molar-refractivity contribution in [1.82, 2.24) is 8.61 Å². The highest BCUT2D eigenvalue weighted by Crippen LogP contribution is 2.36. The molecule has 2 aliphatic heterocycles. The number of hydrogen-bond acceptors (Lipinski definition) is 16. The Kier molecular flexibility index (Phi) is 29.4. The minimum Gasteiger partial charge on any atom is -0.481 e. The predicted octanol–water partition coefficient (Wildman–Crippen LogP) is 15.2. The number of methoxy groups -OCH3 is 1. The lowest BCUT2D eigenvalue weighted by Gasteiger charge is -2.35. The number of nitrogens with one attached hydrogen (secondary N) is 4. The zero-order chi connectivity index (χ0) is 81.8. The minimum absolute atomic E-state index is 0.00199. The standard InChI is InChI=1S/C46H54N4O8S.C43H48N4O8S/c1-4-50(38-24-20-35(21-25-38)46(54)58-5-2)59(55,56)40-11-9-10-36(30-40)43(51)48-42-27-26-39(49-28-7-6-8-29-49)31-41(42)44(52)47-37-22-16-33(17-23-37)13-12-32-14-18-34(19-15-32)45(53)57-3;1-2-47(35-21-17-32(18-22-35)43(52)53)56(54,55)37-8-6-7-33(27-37)40(48)45-39-24-23-36(46-25-4-3-5-26-46)28-38(39)41(49)44-34-19-13-30(14-20-34)10-9-29-11-15-31(16-12-29)42(50)51/h9-11,14-19,22-23,26-27,30-31,35,38H,4-8,12-13,20-21,24-25,28-29H2,1-3H3,(H,47,52)(H,48,51);6-8,11-16,19-20,23-24,27-28,32,35H,2-5,9-10,17-18,21-22,25-26H2,1H3,(H,44,49)(H,45,48)(H,50,51)(H,52,53). The fourth-order valence-corrected chi connectivity index (χ4v) is 19.0. The highest BCUT2D eigenvalue weighted by atomic mass is 32.2. The second-order valence-corrected chi connectivity index (χ2v) is 33.3. The van der Waals surface area contributed by atoms with Gasteiger partial charge >= 0.3 is 23.9 Å². The number of amides is 4. The molecule has 8 aromatic carbocycles. The van der Waals surface area contributed by atoms with Gasteiger partial charge in [-0.05, 0) is 266 Å². The Hall–Kier alpha value is -11.1. The summed E-state index contributed by atoms with van der Waals surface area (Å²) in [6, 6.07) is 51.2. The maximum atomic E-state index is 14.0. The average molecular weight is 1600 g/mol. The van der Waals surface area contributed by atoms with E-state index in [0.717, 1.165) is 124 Å². The largest absolute Gasteiger partial charge is 0.481 e. The van der Waals surface area contributed by atoms with Gasteiger partial charge in [0.2, 0.25) is 20.0 Å². The van der Waals surface area contributed by atoms with E-state index in [1.807, 2.05) is 84.9 Å². The number of aliphatic carboxylic acids is 1. The first-order valence-corrected chi connectivity index (χ1v) is 42.6. The zero-order valence-electron chi connectivity index (χ0n) is 65.5. The molecule has 2 aliphatic carbocycles. The summed E-state index contributed by atoms with van der Waals surface area (Å²) >= 11 is 0. The van der Waals surface area contributed by atoms with Crippen LogP contribution >= 0.6 is 0 Å². The van der Waals surface area contributed by atoms with Gasteiger partial charge in [0, 0.05) is 85.2 Å². The number of sulfonamides is 2. The smallest absolute Gasteiger partial charge is 0.337 e. The number of rotatable bonds is 29. The third-order valence-corrected chi connectivity index (χ3v) is 26.1. The van der Waals surface area contributed by atoms with Gasteiger partial charge in [0.25, 0.3) is 23.6 Å². The number of hydrogen-bond donors (Lipinski definition) is 6. The van der Waals surface area contributed by atoms with E-state index < -0.39 is 61.5 Å². The predicted molar refractivity (Wildman–Crippen MR) is 443 cm³/mol. The van der Waals surface area contributed by atoms with E-state index in [1.165, 1.54) is 52.1 Å². The summed E-state index contributed by atoms with van der Waals surface area (Å²) in [5, 5.41) is 30.3. The molecule has 12 rings (SSSR count). The molecule has 2 saturated heterocycles. The summed E-state index contributed by atoms with van der Waals surface area (Å²) in [7, 11) is -6.62. The Balaban J connectivity index is 0.000000227. The number of carboxylic acid groups (broad SMARTS) is 2. The fourth-order valence-electron chi connectivity index (χ4n) is 15.6. The summed E-state index contributed by atoms with van der Waals surface area (Å²) in [5.74, 6) is -5.08. The van der Waals surface area contributed by atoms with Crippen molar-refractivity contribution in [2.75, 3.05) is 84.1 Å². The first-order valence-electron chi connectivity index (χ1n) is 39.8. The van der Waals surface area contributed by atoms with Gasteiger partial charge in [-0.15, -0.1) is 0 Å². The molecule has 4 amide bonds. The van der Waals surface area contributed by atoms with Gasteiger partial charge in [-0.25, -0.2) is 26.4 Å². The van der Waals surface area contributed by atoms with Gasteiger partial charge in [0.15, 0.2) is 0 Å².